The van der Waals surface area contributed by atoms with Crippen LogP contribution >= 0.6 is 0 Å². The molecule has 0 spiro atoms. The third kappa shape index (κ3) is 14600. The van der Waals surface area contributed by atoms with E-state index in [1.165, 1.54) is 41.5 Å². The van der Waals surface area contributed by atoms with Crippen LogP contribution in [-0.2, 0) is 36.1 Å². The van der Waals surface area contributed by atoms with Crippen LogP contribution in [-0.4, -0.2) is 17.3 Å². The number of hydrogen-bond acceptors (Lipinski definition) is 3. The first-order valence-corrected chi connectivity index (χ1v) is 3.61. The smallest absolute Gasteiger partial charge is 0.126 e. The SMILES string of the molecule is CC(C)=O.CC(C)=O.CC(C)=O.[Ti]. The zero-order valence-corrected chi connectivity index (χ0v) is 10.8. The molecule has 0 aromatic carbocycles. The molecule has 0 heterocycles. The maximum atomic E-state index is 9.44. The van der Waals surface area contributed by atoms with E-state index in [-0.39, 0.29) is 39.1 Å². The van der Waals surface area contributed by atoms with E-state index < -0.39 is 0 Å². The molecule has 13 heavy (non-hydrogen) atoms. The van der Waals surface area contributed by atoms with Crippen molar-refractivity contribution in [1.82, 2.24) is 0 Å². The van der Waals surface area contributed by atoms with E-state index in [4.69, 9.17) is 0 Å². The van der Waals surface area contributed by atoms with Crippen molar-refractivity contribution in [3.8, 4) is 0 Å². The summed E-state index contributed by atoms with van der Waals surface area (Å²) < 4.78 is 0. The normalized spacial score (nSPS) is 6.00. The van der Waals surface area contributed by atoms with Crippen molar-refractivity contribution in [3.05, 3.63) is 0 Å². The van der Waals surface area contributed by atoms with Crippen LogP contribution in [0.25, 0.3) is 0 Å². The molecular formula is C9H18O3Ti. The van der Waals surface area contributed by atoms with Crippen molar-refractivity contribution in [1.29, 1.82) is 0 Å². The topological polar surface area (TPSA) is 51.2 Å². The van der Waals surface area contributed by atoms with Crippen molar-refractivity contribution in [2.45, 2.75) is 41.5 Å². The molecule has 0 aromatic rings. The Morgan fingerprint density at radius 3 is 0.538 bits per heavy atom. The van der Waals surface area contributed by atoms with Crippen LogP contribution in [0.5, 0.6) is 0 Å². The number of hydrogen-bond donors (Lipinski definition) is 0. The van der Waals surface area contributed by atoms with Crippen LogP contribution in [0.4, 0.5) is 0 Å². The number of carbonyl (C=O) groups excluding carboxylic acids is 3. The number of rotatable bonds is 0. The van der Waals surface area contributed by atoms with Crippen LogP contribution in [0.15, 0.2) is 0 Å². The second-order valence-corrected chi connectivity index (χ2v) is 2.72. The Bertz CT molecular complexity index is 112. The predicted molar refractivity (Wildman–Crippen MR) is 49.1 cm³/mol. The molecule has 0 aliphatic carbocycles. The van der Waals surface area contributed by atoms with E-state index in [9.17, 15) is 14.4 Å². The van der Waals surface area contributed by atoms with E-state index >= 15 is 0 Å². The van der Waals surface area contributed by atoms with Gasteiger partial charge in [0.05, 0.1) is 0 Å². The van der Waals surface area contributed by atoms with Gasteiger partial charge < -0.3 is 14.4 Å². The molecule has 0 amide bonds. The summed E-state index contributed by atoms with van der Waals surface area (Å²) in [6.07, 6.45) is 0. The minimum atomic E-state index is 0. The van der Waals surface area contributed by atoms with Crippen molar-refractivity contribution in [2.75, 3.05) is 0 Å². The number of ketones is 3. The predicted octanol–water partition coefficient (Wildman–Crippen LogP) is 1.78. The van der Waals surface area contributed by atoms with Crippen LogP contribution in [0.3, 0.4) is 0 Å². The third-order valence-corrected chi connectivity index (χ3v) is 0. The summed E-state index contributed by atoms with van der Waals surface area (Å²) in [6, 6.07) is 0. The van der Waals surface area contributed by atoms with Crippen molar-refractivity contribution in [2.24, 2.45) is 0 Å². The number of Topliss-reactive ketones (excluding diaryl/α,β-unsaturated/α-hetero) is 3. The average molecular weight is 222 g/mol. The minimum Gasteiger partial charge on any atom is -0.300 e. The zero-order valence-electron chi connectivity index (χ0n) is 9.22. The van der Waals surface area contributed by atoms with E-state index in [1.807, 2.05) is 0 Å². The van der Waals surface area contributed by atoms with E-state index in [0.29, 0.717) is 0 Å². The second kappa shape index (κ2) is 17.7. The van der Waals surface area contributed by atoms with E-state index in [1.54, 1.807) is 0 Å². The molecule has 76 valence electrons. The summed E-state index contributed by atoms with van der Waals surface area (Å²) in [5.74, 6) is 0.500. The first-order valence-electron chi connectivity index (χ1n) is 3.61. The monoisotopic (exact) mass is 222 g/mol. The van der Waals surface area contributed by atoms with Crippen molar-refractivity contribution < 1.29 is 36.1 Å². The molecular weight excluding hydrogens is 204 g/mol. The second-order valence-electron chi connectivity index (χ2n) is 2.72. The Kier molecular flexibility index (Phi) is 31.3. The summed E-state index contributed by atoms with van der Waals surface area (Å²) in [5.41, 5.74) is 0. The molecule has 0 bridgehead atoms. The quantitative estimate of drug-likeness (QED) is 0.587. The van der Waals surface area contributed by atoms with Crippen LogP contribution in [0.1, 0.15) is 41.5 Å². The van der Waals surface area contributed by atoms with Gasteiger partial charge in [0, 0.05) is 21.7 Å². The van der Waals surface area contributed by atoms with Crippen molar-refractivity contribution in [3.63, 3.8) is 0 Å². The Morgan fingerprint density at radius 1 is 0.538 bits per heavy atom. The molecule has 0 N–H and O–H groups in total. The molecule has 0 unspecified atom stereocenters. The molecule has 0 radical (unpaired) electrons. The minimum absolute atomic E-state index is 0. The van der Waals surface area contributed by atoms with Gasteiger partial charge in [-0.2, -0.15) is 0 Å². The fourth-order valence-electron chi connectivity index (χ4n) is 0. The van der Waals surface area contributed by atoms with Crippen LogP contribution < -0.4 is 0 Å². The molecule has 0 rings (SSSR count). The first kappa shape index (κ1) is 23.0. The van der Waals surface area contributed by atoms with Crippen LogP contribution in [0.2, 0.25) is 0 Å². The van der Waals surface area contributed by atoms with E-state index in [2.05, 4.69) is 0 Å². The maximum Gasteiger partial charge on any atom is 0.126 e. The Balaban J connectivity index is -0.0000000450. The molecule has 0 atom stereocenters. The molecule has 0 aliphatic heterocycles. The molecule has 0 fully saturated rings. The summed E-state index contributed by atoms with van der Waals surface area (Å²) in [6.45, 7) is 9.17. The van der Waals surface area contributed by atoms with E-state index in [0.717, 1.165) is 0 Å². The fourth-order valence-corrected chi connectivity index (χ4v) is 0. The zero-order chi connectivity index (χ0) is 10.7. The Hall–Kier alpha value is -0.276. The molecule has 3 nitrogen and oxygen atoms in total. The van der Waals surface area contributed by atoms with Gasteiger partial charge in [0.15, 0.2) is 0 Å². The van der Waals surface area contributed by atoms with Gasteiger partial charge in [0.25, 0.3) is 0 Å². The van der Waals surface area contributed by atoms with Crippen molar-refractivity contribution >= 4 is 17.3 Å². The van der Waals surface area contributed by atoms with Gasteiger partial charge in [-0.3, -0.25) is 0 Å². The fraction of sp³-hybridized carbons (Fsp3) is 0.667. The molecule has 4 heteroatoms. The Labute approximate surface area is 95.2 Å². The number of carbonyl (C=O) groups is 3. The molecule has 0 aliphatic rings. The maximum absolute atomic E-state index is 9.44. The summed E-state index contributed by atoms with van der Waals surface area (Å²) in [5, 5.41) is 0. The van der Waals surface area contributed by atoms with Gasteiger partial charge >= 0.3 is 0 Å². The third-order valence-electron chi connectivity index (χ3n) is 0. The summed E-state index contributed by atoms with van der Waals surface area (Å²) in [7, 11) is 0. The average Bonchev–Trinajstić information content (AvgIpc) is 1.54. The van der Waals surface area contributed by atoms with Gasteiger partial charge in [-0.25, -0.2) is 0 Å². The van der Waals surface area contributed by atoms with Gasteiger partial charge in [-0.05, 0) is 41.5 Å². The Morgan fingerprint density at radius 2 is 0.538 bits per heavy atom. The van der Waals surface area contributed by atoms with Gasteiger partial charge in [-0.1, -0.05) is 0 Å². The first-order chi connectivity index (χ1) is 5.20. The molecule has 0 saturated heterocycles. The van der Waals surface area contributed by atoms with Gasteiger partial charge in [0.2, 0.25) is 0 Å². The van der Waals surface area contributed by atoms with Crippen LogP contribution in [0, 0.1) is 0 Å². The summed E-state index contributed by atoms with van der Waals surface area (Å²) in [4.78, 5) is 28.3. The molecule has 0 aromatic heterocycles. The summed E-state index contributed by atoms with van der Waals surface area (Å²) >= 11 is 0. The largest absolute Gasteiger partial charge is 0.300 e. The standard InChI is InChI=1S/3C3H6O.Ti/c3*1-3(2)4;/h3*1-2H3;. The van der Waals surface area contributed by atoms with Gasteiger partial charge in [-0.15, -0.1) is 0 Å². The molecule has 0 saturated carbocycles. The van der Waals surface area contributed by atoms with Gasteiger partial charge in [0.1, 0.15) is 17.3 Å².